The molecule has 2 aromatic carbocycles. The summed E-state index contributed by atoms with van der Waals surface area (Å²) in [5, 5.41) is 18.9. The number of nitriles is 1. The molecule has 1 saturated heterocycles. The van der Waals surface area contributed by atoms with E-state index < -0.39 is 12.0 Å². The summed E-state index contributed by atoms with van der Waals surface area (Å²) in [4.78, 5) is 35.3. The number of nitrogens with zero attached hydrogens (tertiary/aromatic N) is 3. The van der Waals surface area contributed by atoms with Crippen LogP contribution in [-0.4, -0.2) is 20.6 Å². The van der Waals surface area contributed by atoms with Gasteiger partial charge in [0.05, 0.1) is 34.6 Å². The average Bonchev–Trinajstić information content (AvgIpc) is 3.44. The van der Waals surface area contributed by atoms with Crippen LogP contribution in [0.4, 0.5) is 4.39 Å². The predicted molar refractivity (Wildman–Crippen MR) is 150 cm³/mol. The molecule has 0 radical (unpaired) electrons. The third kappa shape index (κ3) is 6.71. The number of aryl methyl sites for hydroxylation is 1. The van der Waals surface area contributed by atoms with Gasteiger partial charge in [-0.3, -0.25) is 19.0 Å². The lowest BCUT2D eigenvalue weighted by molar-refractivity contribution is -0.137. The van der Waals surface area contributed by atoms with E-state index >= 15 is 0 Å². The number of unbranched alkanes of at least 4 members (excludes halogenated alkanes) is 1. The molecule has 2 N–H and O–H groups in total. The van der Waals surface area contributed by atoms with E-state index in [1.807, 2.05) is 37.3 Å². The lowest BCUT2D eigenvalue weighted by Gasteiger charge is -2.18. The number of carbonyl (C=O) groups is 1. The van der Waals surface area contributed by atoms with Gasteiger partial charge in [-0.15, -0.1) is 0 Å². The summed E-state index contributed by atoms with van der Waals surface area (Å²) in [6.07, 6.45) is 6.76. The molecule has 0 aliphatic carbocycles. The number of aliphatic carboxylic acids is 1. The molecule has 2 heterocycles. The Morgan fingerprint density at radius 1 is 1.32 bits per heavy atom. The molecule has 1 aliphatic heterocycles. The normalized spacial score (nSPS) is 18.3. The van der Waals surface area contributed by atoms with E-state index in [1.165, 1.54) is 12.2 Å². The van der Waals surface area contributed by atoms with Crippen LogP contribution in [0.2, 0.25) is 0 Å². The van der Waals surface area contributed by atoms with E-state index in [0.717, 1.165) is 11.1 Å². The van der Waals surface area contributed by atoms with Crippen molar-refractivity contribution in [2.45, 2.75) is 70.6 Å². The van der Waals surface area contributed by atoms with Crippen molar-refractivity contribution in [3.8, 4) is 6.07 Å². The summed E-state index contributed by atoms with van der Waals surface area (Å²) < 4.78 is 15.6. The van der Waals surface area contributed by atoms with E-state index in [-0.39, 0.29) is 30.0 Å². The zero-order valence-electron chi connectivity index (χ0n) is 22.6. The van der Waals surface area contributed by atoms with Gasteiger partial charge in [0, 0.05) is 24.8 Å². The van der Waals surface area contributed by atoms with Gasteiger partial charge in [-0.2, -0.15) is 10.7 Å². The van der Waals surface area contributed by atoms with Gasteiger partial charge in [0.25, 0.3) is 5.56 Å². The number of aromatic nitrogens is 2. The van der Waals surface area contributed by atoms with Gasteiger partial charge in [-0.05, 0) is 62.1 Å². The maximum atomic E-state index is 14.0. The number of carboxylic acid groups (broad SMARTS) is 1. The average molecular weight is 545 g/mol. The van der Waals surface area contributed by atoms with E-state index in [0.29, 0.717) is 54.4 Å². The molecule has 0 bridgehead atoms. The number of halogens is 1. The Morgan fingerprint density at radius 2 is 2.12 bits per heavy atom. The highest BCUT2D eigenvalue weighted by Gasteiger charge is 2.30. The van der Waals surface area contributed by atoms with Crippen LogP contribution in [0.25, 0.3) is 10.9 Å². The summed E-state index contributed by atoms with van der Waals surface area (Å²) in [7, 11) is 0. The second-order valence-electron chi connectivity index (χ2n) is 9.89. The van der Waals surface area contributed by atoms with Crippen molar-refractivity contribution >= 4 is 16.9 Å². The lowest BCUT2D eigenvalue weighted by Crippen LogP contribution is -2.27. The van der Waals surface area contributed by atoms with Gasteiger partial charge in [0.15, 0.2) is 0 Å². The van der Waals surface area contributed by atoms with Gasteiger partial charge in [-0.25, -0.2) is 9.37 Å². The number of fused-ring (bicyclic) bond motifs is 1. The van der Waals surface area contributed by atoms with Crippen molar-refractivity contribution in [3.05, 3.63) is 99.4 Å². The number of allylic oxidation sites excluding steroid dienone is 4. The van der Waals surface area contributed by atoms with Crippen LogP contribution in [0.1, 0.15) is 86.7 Å². The summed E-state index contributed by atoms with van der Waals surface area (Å²) >= 11 is 0. The summed E-state index contributed by atoms with van der Waals surface area (Å²) in [6.45, 7) is 3.65. The first-order valence-electron chi connectivity index (χ1n) is 13.5. The fraction of sp³-hybridized carbons (Fsp3) is 0.355. The predicted octanol–water partition coefficient (Wildman–Crippen LogP) is 6.15. The quantitative estimate of drug-likeness (QED) is 0.219. The van der Waals surface area contributed by atoms with Crippen molar-refractivity contribution in [3.63, 3.8) is 0 Å². The van der Waals surface area contributed by atoms with Crippen LogP contribution >= 0.6 is 0 Å². The lowest BCUT2D eigenvalue weighted by atomic mass is 9.95. The highest BCUT2D eigenvalue weighted by molar-refractivity contribution is 5.78. The fourth-order valence-corrected chi connectivity index (χ4v) is 4.96. The summed E-state index contributed by atoms with van der Waals surface area (Å²) in [5.74, 6) is -0.718. The third-order valence-corrected chi connectivity index (χ3v) is 7.01. The van der Waals surface area contributed by atoms with Crippen LogP contribution in [0, 0.1) is 11.3 Å². The molecule has 4 rings (SSSR count). The van der Waals surface area contributed by atoms with Gasteiger partial charge in [0.2, 0.25) is 0 Å². The zero-order chi connectivity index (χ0) is 28.6. The number of nitrogens with one attached hydrogen (secondary N) is 1. The topological polar surface area (TPSA) is 117 Å². The van der Waals surface area contributed by atoms with Crippen LogP contribution < -0.4 is 11.0 Å². The molecule has 0 amide bonds. The Bertz CT molecular complexity index is 1540. The molecule has 1 aromatic heterocycles. The highest BCUT2D eigenvalue weighted by Crippen LogP contribution is 2.36. The van der Waals surface area contributed by atoms with E-state index in [4.69, 9.17) is 14.9 Å². The zero-order valence-corrected chi connectivity index (χ0v) is 22.6. The van der Waals surface area contributed by atoms with Gasteiger partial charge in [-0.1, -0.05) is 37.3 Å². The van der Waals surface area contributed by atoms with Crippen molar-refractivity contribution in [2.24, 2.45) is 0 Å². The van der Waals surface area contributed by atoms with E-state index in [9.17, 15) is 19.2 Å². The third-order valence-electron chi connectivity index (χ3n) is 7.01. The summed E-state index contributed by atoms with van der Waals surface area (Å²) in [5.41, 5.74) is 5.63. The number of carboxylic acids is 1. The summed E-state index contributed by atoms with van der Waals surface area (Å²) in [6, 6.07) is 14.4. The molecule has 1 fully saturated rings. The monoisotopic (exact) mass is 544 g/mol. The minimum Gasteiger partial charge on any atom is -0.481 e. The molecule has 8 nitrogen and oxygen atoms in total. The molecule has 3 unspecified atom stereocenters. The van der Waals surface area contributed by atoms with E-state index in [1.54, 1.807) is 29.7 Å². The Kier molecular flexibility index (Phi) is 9.59. The van der Waals surface area contributed by atoms with Crippen molar-refractivity contribution in [2.75, 3.05) is 0 Å². The second-order valence-corrected chi connectivity index (χ2v) is 9.89. The van der Waals surface area contributed by atoms with Crippen LogP contribution in [0.3, 0.4) is 0 Å². The van der Waals surface area contributed by atoms with Crippen molar-refractivity contribution in [1.29, 1.82) is 5.26 Å². The van der Waals surface area contributed by atoms with Crippen LogP contribution in [0.5, 0.6) is 0 Å². The molecular weight excluding hydrogens is 511 g/mol. The van der Waals surface area contributed by atoms with Crippen LogP contribution in [0.15, 0.2) is 71.3 Å². The minimum atomic E-state index is -0.870. The number of hydrogen-bond acceptors (Lipinski definition) is 6. The van der Waals surface area contributed by atoms with Crippen LogP contribution in [-0.2, 0) is 16.1 Å². The molecule has 0 spiro atoms. The number of rotatable bonds is 11. The maximum Gasteiger partial charge on any atom is 0.303 e. The second kappa shape index (κ2) is 13.3. The highest BCUT2D eigenvalue weighted by atomic mass is 19.1. The SMILES string of the molecule is CC/C=C(F)\C=C/C(C)n1c(CCCCC(=O)O)nc2cc(C3CC(c4ccccc4C#N)ON3)ccc2c1=O. The fourth-order valence-electron chi connectivity index (χ4n) is 4.96. The Balaban J connectivity index is 1.66. The van der Waals surface area contributed by atoms with Gasteiger partial charge < -0.3 is 5.11 Å². The molecule has 208 valence electrons. The first-order chi connectivity index (χ1) is 19.3. The number of hydrogen-bond donors (Lipinski definition) is 2. The van der Waals surface area contributed by atoms with Crippen molar-refractivity contribution in [1.82, 2.24) is 15.0 Å². The molecular formula is C31H33FN4O4. The Labute approximate surface area is 232 Å². The Hall–Kier alpha value is -4.13. The molecule has 0 saturated carbocycles. The molecule has 3 atom stereocenters. The number of hydroxylamine groups is 1. The minimum absolute atomic E-state index is 0.0356. The smallest absolute Gasteiger partial charge is 0.303 e. The molecule has 1 aliphatic rings. The van der Waals surface area contributed by atoms with Gasteiger partial charge in [0.1, 0.15) is 17.8 Å². The Morgan fingerprint density at radius 3 is 2.88 bits per heavy atom. The maximum absolute atomic E-state index is 14.0. The molecule has 9 heteroatoms. The van der Waals surface area contributed by atoms with Gasteiger partial charge >= 0.3 is 5.97 Å². The van der Waals surface area contributed by atoms with E-state index in [2.05, 4.69) is 11.5 Å². The largest absolute Gasteiger partial charge is 0.481 e. The first-order valence-corrected chi connectivity index (χ1v) is 13.5. The molecule has 3 aromatic rings. The van der Waals surface area contributed by atoms with Crippen molar-refractivity contribution < 1.29 is 19.1 Å². The number of benzene rings is 2. The molecule has 40 heavy (non-hydrogen) atoms. The first kappa shape index (κ1) is 28.9. The standard InChI is InChI=1S/C31H33FN4O4/c1-3-8-23(32)15-13-20(2)36-29(11-6-7-12-30(37)38)34-27-17-21(14-16-25(27)31(36)39)26-18-28(40-35-26)24-10-5-4-9-22(24)19-33/h4-5,8-10,13-17,20,26,28,35H,3,6-7,11-12,18H2,1-2H3,(H,37,38)/b15-13-,23-8+.